The molecule has 1 rings (SSSR count). The molecular formula is C11H21NO. The van der Waals surface area contributed by atoms with Gasteiger partial charge in [-0.25, -0.2) is 0 Å². The molecule has 0 saturated heterocycles. The Morgan fingerprint density at radius 3 is 2.85 bits per heavy atom. The van der Waals surface area contributed by atoms with Gasteiger partial charge in [0.2, 0.25) is 0 Å². The first kappa shape index (κ1) is 10.7. The molecule has 0 aromatic heterocycles. The van der Waals surface area contributed by atoms with Crippen LogP contribution in [0, 0.1) is 0 Å². The van der Waals surface area contributed by atoms with E-state index in [-0.39, 0.29) is 6.04 Å². The molecule has 0 amide bonds. The van der Waals surface area contributed by atoms with Gasteiger partial charge in [-0.1, -0.05) is 25.3 Å². The lowest BCUT2D eigenvalue weighted by atomic mass is 10.1. The minimum Gasteiger partial charge on any atom is -0.376 e. The molecule has 2 heteroatoms. The van der Waals surface area contributed by atoms with Gasteiger partial charge in [-0.15, -0.1) is 6.58 Å². The first-order chi connectivity index (χ1) is 6.34. The Bertz CT molecular complexity index is 147. The molecule has 2 unspecified atom stereocenters. The van der Waals surface area contributed by atoms with Crippen LogP contribution in [0.5, 0.6) is 0 Å². The van der Waals surface area contributed by atoms with E-state index in [2.05, 4.69) is 6.58 Å². The first-order valence-electron chi connectivity index (χ1n) is 5.32. The number of nitrogens with two attached hydrogens (primary N) is 1. The molecule has 0 heterocycles. The summed E-state index contributed by atoms with van der Waals surface area (Å²) in [4.78, 5) is 0. The Hall–Kier alpha value is -0.340. The van der Waals surface area contributed by atoms with Gasteiger partial charge in [0.15, 0.2) is 0 Å². The van der Waals surface area contributed by atoms with Gasteiger partial charge in [-0.3, -0.25) is 0 Å². The second kappa shape index (κ2) is 6.17. The highest BCUT2D eigenvalue weighted by atomic mass is 16.5. The van der Waals surface area contributed by atoms with Crippen molar-refractivity contribution >= 4 is 0 Å². The van der Waals surface area contributed by atoms with Crippen molar-refractivity contribution in [3.8, 4) is 0 Å². The van der Waals surface area contributed by atoms with Gasteiger partial charge in [0.1, 0.15) is 0 Å². The third kappa shape index (κ3) is 3.92. The van der Waals surface area contributed by atoms with Gasteiger partial charge < -0.3 is 10.5 Å². The lowest BCUT2D eigenvalue weighted by Gasteiger charge is -2.21. The molecule has 1 saturated carbocycles. The van der Waals surface area contributed by atoms with E-state index in [0.29, 0.717) is 6.10 Å². The zero-order valence-electron chi connectivity index (χ0n) is 8.37. The summed E-state index contributed by atoms with van der Waals surface area (Å²) in [6, 6.07) is 0.257. The molecule has 2 atom stereocenters. The Kier molecular flexibility index (Phi) is 5.09. The summed E-state index contributed by atoms with van der Waals surface area (Å²) in [5.41, 5.74) is 6.01. The van der Waals surface area contributed by atoms with Crippen LogP contribution in [0.3, 0.4) is 0 Å². The summed E-state index contributed by atoms with van der Waals surface area (Å²) < 4.78 is 5.72. The van der Waals surface area contributed by atoms with E-state index in [4.69, 9.17) is 10.5 Å². The summed E-state index contributed by atoms with van der Waals surface area (Å²) in [5.74, 6) is 0. The molecule has 0 aromatic carbocycles. The van der Waals surface area contributed by atoms with Crippen molar-refractivity contribution in [2.45, 2.75) is 50.7 Å². The molecule has 1 aliphatic rings. The molecule has 76 valence electrons. The molecule has 2 N–H and O–H groups in total. The molecular weight excluding hydrogens is 162 g/mol. The van der Waals surface area contributed by atoms with E-state index in [1.807, 2.05) is 6.08 Å². The van der Waals surface area contributed by atoms with Crippen LogP contribution in [0.15, 0.2) is 12.7 Å². The van der Waals surface area contributed by atoms with Crippen molar-refractivity contribution in [1.82, 2.24) is 0 Å². The average Bonchev–Trinajstić information content (AvgIpc) is 2.32. The van der Waals surface area contributed by atoms with Gasteiger partial charge in [0, 0.05) is 6.04 Å². The maximum Gasteiger partial charge on any atom is 0.0726 e. The lowest BCUT2D eigenvalue weighted by molar-refractivity contribution is 0.0341. The topological polar surface area (TPSA) is 35.2 Å². The summed E-state index contributed by atoms with van der Waals surface area (Å²) in [7, 11) is 0. The van der Waals surface area contributed by atoms with Crippen molar-refractivity contribution in [2.75, 3.05) is 6.61 Å². The van der Waals surface area contributed by atoms with Gasteiger partial charge in [0.05, 0.1) is 12.7 Å². The van der Waals surface area contributed by atoms with E-state index in [1.54, 1.807) is 0 Å². The number of rotatable bonds is 4. The van der Waals surface area contributed by atoms with Crippen molar-refractivity contribution in [3.05, 3.63) is 12.7 Å². The maximum atomic E-state index is 6.01. The minimum absolute atomic E-state index is 0.257. The third-order valence-corrected chi connectivity index (χ3v) is 2.66. The summed E-state index contributed by atoms with van der Waals surface area (Å²) in [6.07, 6.45) is 9.23. The predicted octanol–water partition coefficient (Wildman–Crippen LogP) is 2.24. The van der Waals surface area contributed by atoms with E-state index in [9.17, 15) is 0 Å². The molecule has 0 aliphatic heterocycles. The summed E-state index contributed by atoms with van der Waals surface area (Å²) in [6.45, 7) is 4.45. The highest BCUT2D eigenvalue weighted by Crippen LogP contribution is 2.19. The maximum absolute atomic E-state index is 6.01. The number of hydrogen-bond donors (Lipinski definition) is 1. The van der Waals surface area contributed by atoms with Crippen LogP contribution in [-0.4, -0.2) is 18.8 Å². The normalized spacial score (nSPS) is 29.6. The zero-order chi connectivity index (χ0) is 9.52. The van der Waals surface area contributed by atoms with Gasteiger partial charge in [-0.2, -0.15) is 0 Å². The number of hydrogen-bond acceptors (Lipinski definition) is 2. The molecule has 0 bridgehead atoms. The molecule has 0 radical (unpaired) electrons. The Labute approximate surface area is 81.1 Å². The fraction of sp³-hybridized carbons (Fsp3) is 0.818. The molecule has 1 aliphatic carbocycles. The van der Waals surface area contributed by atoms with Crippen LogP contribution in [0.1, 0.15) is 38.5 Å². The van der Waals surface area contributed by atoms with Gasteiger partial charge in [-0.05, 0) is 19.3 Å². The van der Waals surface area contributed by atoms with Crippen LogP contribution in [0.4, 0.5) is 0 Å². The Morgan fingerprint density at radius 1 is 1.31 bits per heavy atom. The molecule has 0 spiro atoms. The highest BCUT2D eigenvalue weighted by Gasteiger charge is 2.20. The van der Waals surface area contributed by atoms with Crippen molar-refractivity contribution in [1.29, 1.82) is 0 Å². The van der Waals surface area contributed by atoms with Crippen LogP contribution >= 0.6 is 0 Å². The van der Waals surface area contributed by atoms with Gasteiger partial charge in [0.25, 0.3) is 0 Å². The zero-order valence-corrected chi connectivity index (χ0v) is 8.37. The van der Waals surface area contributed by atoms with Crippen LogP contribution in [-0.2, 0) is 4.74 Å². The molecule has 2 nitrogen and oxygen atoms in total. The summed E-state index contributed by atoms with van der Waals surface area (Å²) in [5, 5.41) is 0. The molecule has 1 fully saturated rings. The van der Waals surface area contributed by atoms with Crippen LogP contribution in [0.2, 0.25) is 0 Å². The van der Waals surface area contributed by atoms with Crippen LogP contribution < -0.4 is 5.73 Å². The highest BCUT2D eigenvalue weighted by molar-refractivity contribution is 4.77. The average molecular weight is 183 g/mol. The lowest BCUT2D eigenvalue weighted by Crippen LogP contribution is -2.35. The fourth-order valence-corrected chi connectivity index (χ4v) is 1.81. The Morgan fingerprint density at radius 2 is 2.08 bits per heavy atom. The van der Waals surface area contributed by atoms with E-state index in [0.717, 1.165) is 25.9 Å². The smallest absolute Gasteiger partial charge is 0.0726 e. The minimum atomic E-state index is 0.257. The van der Waals surface area contributed by atoms with Crippen molar-refractivity contribution in [3.63, 3.8) is 0 Å². The van der Waals surface area contributed by atoms with Crippen molar-refractivity contribution < 1.29 is 4.74 Å². The van der Waals surface area contributed by atoms with E-state index in [1.165, 1.54) is 19.3 Å². The third-order valence-electron chi connectivity index (χ3n) is 2.66. The standard InChI is InChI=1S/C11H21NO/c1-2-3-9-13-11-8-6-4-5-7-10(11)12/h2,10-11H,1,3-9,12H2. The second-order valence-corrected chi connectivity index (χ2v) is 3.79. The first-order valence-corrected chi connectivity index (χ1v) is 5.32. The quantitative estimate of drug-likeness (QED) is 0.412. The number of ether oxygens (including phenoxy) is 1. The monoisotopic (exact) mass is 183 g/mol. The fourth-order valence-electron chi connectivity index (χ4n) is 1.81. The largest absolute Gasteiger partial charge is 0.376 e. The SMILES string of the molecule is C=CCCOC1CCCCCC1N. The Balaban J connectivity index is 2.23. The summed E-state index contributed by atoms with van der Waals surface area (Å²) >= 11 is 0. The second-order valence-electron chi connectivity index (χ2n) is 3.79. The van der Waals surface area contributed by atoms with E-state index < -0.39 is 0 Å². The van der Waals surface area contributed by atoms with Crippen molar-refractivity contribution in [2.24, 2.45) is 5.73 Å². The predicted molar refractivity (Wildman–Crippen MR) is 55.6 cm³/mol. The molecule has 0 aromatic rings. The van der Waals surface area contributed by atoms with E-state index >= 15 is 0 Å². The molecule has 13 heavy (non-hydrogen) atoms. The van der Waals surface area contributed by atoms with Crippen LogP contribution in [0.25, 0.3) is 0 Å². The van der Waals surface area contributed by atoms with Gasteiger partial charge >= 0.3 is 0 Å².